The third-order valence-electron chi connectivity index (χ3n) is 3.21. The lowest BCUT2D eigenvalue weighted by atomic mass is 10.0. The summed E-state index contributed by atoms with van der Waals surface area (Å²) in [5, 5.41) is 0. The maximum atomic E-state index is 11.2. The molecule has 1 aromatic rings. The number of aryl methyl sites for hydroxylation is 2. The molecule has 1 atom stereocenters. The van der Waals surface area contributed by atoms with Gasteiger partial charge in [0.2, 0.25) is 0 Å². The van der Waals surface area contributed by atoms with Crippen LogP contribution in [0.2, 0.25) is 0 Å². The van der Waals surface area contributed by atoms with Gasteiger partial charge in [-0.2, -0.15) is 0 Å². The van der Waals surface area contributed by atoms with Crippen molar-refractivity contribution in [2.75, 3.05) is 14.2 Å². The van der Waals surface area contributed by atoms with Crippen molar-refractivity contribution in [3.63, 3.8) is 0 Å². The van der Waals surface area contributed by atoms with Crippen molar-refractivity contribution in [3.8, 4) is 5.75 Å². The van der Waals surface area contributed by atoms with E-state index < -0.39 is 6.04 Å². The summed E-state index contributed by atoms with van der Waals surface area (Å²) in [6.45, 7) is 2.11. The lowest BCUT2D eigenvalue weighted by Gasteiger charge is -2.11. The minimum Gasteiger partial charge on any atom is -0.496 e. The number of hydrogen-bond acceptors (Lipinski definition) is 4. The Morgan fingerprint density at radius 3 is 2.68 bits per heavy atom. The van der Waals surface area contributed by atoms with E-state index in [1.54, 1.807) is 7.11 Å². The lowest BCUT2D eigenvalue weighted by Crippen LogP contribution is -2.31. The molecule has 0 aliphatic rings. The first-order chi connectivity index (χ1) is 9.12. The number of esters is 1. The molecule has 4 heteroatoms. The number of methoxy groups -OCH3 is 2. The number of carbonyl (C=O) groups is 1. The Kier molecular flexibility index (Phi) is 6.36. The third kappa shape index (κ3) is 4.56. The van der Waals surface area contributed by atoms with Crippen molar-refractivity contribution in [2.24, 2.45) is 5.73 Å². The van der Waals surface area contributed by atoms with E-state index in [2.05, 4.69) is 23.8 Å². The molecule has 1 rings (SSSR count). The van der Waals surface area contributed by atoms with Crippen LogP contribution in [0.3, 0.4) is 0 Å². The molecular weight excluding hydrogens is 242 g/mol. The number of nitrogens with two attached hydrogens (primary N) is 1. The molecule has 0 spiro atoms. The average molecular weight is 265 g/mol. The minimum atomic E-state index is -0.520. The minimum absolute atomic E-state index is 0.344. The van der Waals surface area contributed by atoms with Gasteiger partial charge in [0, 0.05) is 0 Å². The molecule has 0 fully saturated rings. The van der Waals surface area contributed by atoms with Crippen LogP contribution in [0.25, 0.3) is 0 Å². The molecule has 2 N–H and O–H groups in total. The van der Waals surface area contributed by atoms with Crippen molar-refractivity contribution < 1.29 is 14.3 Å². The van der Waals surface area contributed by atoms with Crippen LogP contribution < -0.4 is 10.5 Å². The Morgan fingerprint density at radius 2 is 2.11 bits per heavy atom. The van der Waals surface area contributed by atoms with Crippen LogP contribution >= 0.6 is 0 Å². The zero-order valence-corrected chi connectivity index (χ0v) is 11.9. The Bertz CT molecular complexity index is 418. The number of rotatable bonds is 7. The van der Waals surface area contributed by atoms with Gasteiger partial charge in [0.05, 0.1) is 14.2 Å². The molecule has 106 valence electrons. The zero-order valence-electron chi connectivity index (χ0n) is 11.9. The molecule has 0 radical (unpaired) electrons. The van der Waals surface area contributed by atoms with E-state index in [1.807, 2.05) is 6.07 Å². The van der Waals surface area contributed by atoms with Gasteiger partial charge >= 0.3 is 5.97 Å². The highest BCUT2D eigenvalue weighted by Crippen LogP contribution is 2.21. The topological polar surface area (TPSA) is 61.6 Å². The van der Waals surface area contributed by atoms with Crippen molar-refractivity contribution in [1.82, 2.24) is 0 Å². The van der Waals surface area contributed by atoms with Crippen LogP contribution in [0.4, 0.5) is 0 Å². The predicted molar refractivity (Wildman–Crippen MR) is 75.3 cm³/mol. The van der Waals surface area contributed by atoms with Gasteiger partial charge in [-0.15, -0.1) is 0 Å². The molecule has 0 aromatic heterocycles. The van der Waals surface area contributed by atoms with Crippen LogP contribution in [-0.4, -0.2) is 26.2 Å². The summed E-state index contributed by atoms with van der Waals surface area (Å²) in [5.74, 6) is 0.585. The highest BCUT2D eigenvalue weighted by Gasteiger charge is 2.12. The lowest BCUT2D eigenvalue weighted by molar-refractivity contribution is -0.142. The molecule has 0 saturated heterocycles. The fourth-order valence-electron chi connectivity index (χ4n) is 2.06. The fourth-order valence-corrected chi connectivity index (χ4v) is 2.06. The van der Waals surface area contributed by atoms with Gasteiger partial charge in [-0.1, -0.05) is 19.1 Å². The van der Waals surface area contributed by atoms with Gasteiger partial charge in [-0.05, 0) is 42.9 Å². The normalized spacial score (nSPS) is 12.0. The van der Waals surface area contributed by atoms with E-state index >= 15 is 0 Å². The molecule has 0 aliphatic carbocycles. The summed E-state index contributed by atoms with van der Waals surface area (Å²) in [6.07, 6.45) is 3.35. The standard InChI is InChI=1S/C15H23NO3/c1-4-12-10-11(8-9-14(12)18-2)6-5-7-13(16)15(17)19-3/h8-10,13H,4-7,16H2,1-3H3. The summed E-state index contributed by atoms with van der Waals surface area (Å²) < 4.78 is 9.90. The second kappa shape index (κ2) is 7.79. The van der Waals surface area contributed by atoms with Crippen molar-refractivity contribution in [1.29, 1.82) is 0 Å². The third-order valence-corrected chi connectivity index (χ3v) is 3.21. The van der Waals surface area contributed by atoms with Crippen LogP contribution in [0.15, 0.2) is 18.2 Å². The molecule has 4 nitrogen and oxygen atoms in total. The molecule has 1 aromatic carbocycles. The van der Waals surface area contributed by atoms with Crippen molar-refractivity contribution in [2.45, 2.75) is 38.6 Å². The average Bonchev–Trinajstić information content (AvgIpc) is 2.45. The zero-order chi connectivity index (χ0) is 14.3. The maximum absolute atomic E-state index is 11.2. The quantitative estimate of drug-likeness (QED) is 0.767. The summed E-state index contributed by atoms with van der Waals surface area (Å²) in [5.41, 5.74) is 8.15. The van der Waals surface area contributed by atoms with E-state index in [1.165, 1.54) is 18.2 Å². The van der Waals surface area contributed by atoms with Gasteiger partial charge in [0.1, 0.15) is 11.8 Å². The highest BCUT2D eigenvalue weighted by molar-refractivity contribution is 5.75. The SMILES string of the molecule is CCc1cc(CCCC(N)C(=O)OC)ccc1OC. The molecule has 19 heavy (non-hydrogen) atoms. The fraction of sp³-hybridized carbons (Fsp3) is 0.533. The maximum Gasteiger partial charge on any atom is 0.322 e. The summed E-state index contributed by atoms with van der Waals surface area (Å²) in [6, 6.07) is 5.69. The van der Waals surface area contributed by atoms with Gasteiger partial charge in [0.25, 0.3) is 0 Å². The summed E-state index contributed by atoms with van der Waals surface area (Å²) in [7, 11) is 3.04. The van der Waals surface area contributed by atoms with E-state index in [-0.39, 0.29) is 5.97 Å². The largest absolute Gasteiger partial charge is 0.496 e. The molecule has 0 heterocycles. The van der Waals surface area contributed by atoms with Crippen LogP contribution in [0, 0.1) is 0 Å². The smallest absolute Gasteiger partial charge is 0.322 e. The molecule has 0 amide bonds. The molecule has 0 aliphatic heterocycles. The first-order valence-electron chi connectivity index (χ1n) is 6.61. The first kappa shape index (κ1) is 15.5. The summed E-state index contributed by atoms with van der Waals surface area (Å²) >= 11 is 0. The monoisotopic (exact) mass is 265 g/mol. The first-order valence-corrected chi connectivity index (χ1v) is 6.61. The highest BCUT2D eigenvalue weighted by atomic mass is 16.5. The van der Waals surface area contributed by atoms with Crippen LogP contribution in [0.1, 0.15) is 30.9 Å². The second-order valence-corrected chi connectivity index (χ2v) is 4.52. The predicted octanol–water partition coefficient (Wildman–Crippen LogP) is 2.08. The molecule has 0 saturated carbocycles. The number of benzene rings is 1. The van der Waals surface area contributed by atoms with Gasteiger partial charge < -0.3 is 15.2 Å². The number of ether oxygens (including phenoxy) is 2. The Hall–Kier alpha value is -1.55. The number of carbonyl (C=O) groups excluding carboxylic acids is 1. The van der Waals surface area contributed by atoms with Crippen LogP contribution in [-0.2, 0) is 22.4 Å². The number of hydrogen-bond donors (Lipinski definition) is 1. The summed E-state index contributed by atoms with van der Waals surface area (Å²) in [4.78, 5) is 11.2. The molecule has 0 bridgehead atoms. The van der Waals surface area contributed by atoms with Gasteiger partial charge in [0.15, 0.2) is 0 Å². The van der Waals surface area contributed by atoms with E-state index in [9.17, 15) is 4.79 Å². The van der Waals surface area contributed by atoms with E-state index in [0.717, 1.165) is 25.0 Å². The van der Waals surface area contributed by atoms with Gasteiger partial charge in [-0.25, -0.2) is 0 Å². The Balaban J connectivity index is 2.52. The Labute approximate surface area is 114 Å². The van der Waals surface area contributed by atoms with Crippen LogP contribution in [0.5, 0.6) is 5.75 Å². The molecule has 1 unspecified atom stereocenters. The van der Waals surface area contributed by atoms with Crippen molar-refractivity contribution in [3.05, 3.63) is 29.3 Å². The van der Waals surface area contributed by atoms with Gasteiger partial charge in [-0.3, -0.25) is 4.79 Å². The second-order valence-electron chi connectivity index (χ2n) is 4.52. The van der Waals surface area contributed by atoms with E-state index in [0.29, 0.717) is 6.42 Å². The Morgan fingerprint density at radius 1 is 1.37 bits per heavy atom. The molecular formula is C15H23NO3. The van der Waals surface area contributed by atoms with E-state index in [4.69, 9.17) is 10.5 Å². The van der Waals surface area contributed by atoms with Crippen molar-refractivity contribution >= 4 is 5.97 Å².